The van der Waals surface area contributed by atoms with Crippen LogP contribution < -0.4 is 10.1 Å². The summed E-state index contributed by atoms with van der Waals surface area (Å²) in [4.78, 5) is 23.1. The number of carbonyl (C=O) groups is 2. The van der Waals surface area contributed by atoms with Crippen LogP contribution in [0.3, 0.4) is 0 Å². The van der Waals surface area contributed by atoms with Crippen LogP contribution in [0.1, 0.15) is 23.7 Å². The number of amides is 1. The molecular weight excluding hydrogens is 282 g/mol. The standard InChI is InChI=1S/C13H15NO5S/c1-9(15)19-12-5-3-2-4-11(12)13(16)14-10-6-7-20(17,18)8-10/h2-5,10H,6-8H2,1H3,(H,14,16)/t10-/m0/s1. The normalized spacial score (nSPS) is 20.4. The molecule has 108 valence electrons. The Bertz CT molecular complexity index is 638. The first-order chi connectivity index (χ1) is 9.37. The van der Waals surface area contributed by atoms with Gasteiger partial charge in [0.25, 0.3) is 5.91 Å². The molecule has 1 fully saturated rings. The number of hydrogen-bond acceptors (Lipinski definition) is 5. The van der Waals surface area contributed by atoms with Gasteiger partial charge in [0.2, 0.25) is 0 Å². The Hall–Kier alpha value is -1.89. The predicted molar refractivity (Wildman–Crippen MR) is 72.3 cm³/mol. The fourth-order valence-corrected chi connectivity index (χ4v) is 3.74. The molecule has 1 heterocycles. The van der Waals surface area contributed by atoms with E-state index in [4.69, 9.17) is 4.74 Å². The van der Waals surface area contributed by atoms with Crippen LogP contribution in [0.2, 0.25) is 0 Å². The number of carbonyl (C=O) groups excluding carboxylic acids is 2. The molecule has 0 radical (unpaired) electrons. The summed E-state index contributed by atoms with van der Waals surface area (Å²) >= 11 is 0. The second kappa shape index (κ2) is 5.62. The van der Waals surface area contributed by atoms with Crippen LogP contribution in [0.4, 0.5) is 0 Å². The van der Waals surface area contributed by atoms with Crippen molar-refractivity contribution < 1.29 is 22.7 Å². The van der Waals surface area contributed by atoms with E-state index < -0.39 is 27.8 Å². The maximum absolute atomic E-state index is 12.1. The lowest BCUT2D eigenvalue weighted by molar-refractivity contribution is -0.131. The molecule has 0 unspecified atom stereocenters. The summed E-state index contributed by atoms with van der Waals surface area (Å²) < 4.78 is 27.7. The number of ether oxygens (including phenoxy) is 1. The van der Waals surface area contributed by atoms with E-state index in [-0.39, 0.29) is 22.8 Å². The Labute approximate surface area is 117 Å². The summed E-state index contributed by atoms with van der Waals surface area (Å²) in [6.45, 7) is 1.25. The van der Waals surface area contributed by atoms with Crippen molar-refractivity contribution in [2.24, 2.45) is 0 Å². The van der Waals surface area contributed by atoms with Gasteiger partial charge in [0.1, 0.15) is 5.75 Å². The minimum atomic E-state index is -3.05. The van der Waals surface area contributed by atoms with Gasteiger partial charge in [-0.15, -0.1) is 0 Å². The van der Waals surface area contributed by atoms with E-state index in [0.29, 0.717) is 6.42 Å². The zero-order chi connectivity index (χ0) is 14.8. The van der Waals surface area contributed by atoms with Crippen LogP contribution in [0, 0.1) is 0 Å². The molecule has 6 nitrogen and oxygen atoms in total. The molecule has 20 heavy (non-hydrogen) atoms. The maximum Gasteiger partial charge on any atom is 0.308 e. The molecule has 1 amide bonds. The summed E-state index contributed by atoms with van der Waals surface area (Å²) in [5.41, 5.74) is 0.215. The number of esters is 1. The van der Waals surface area contributed by atoms with Gasteiger partial charge in [0.15, 0.2) is 9.84 Å². The summed E-state index contributed by atoms with van der Waals surface area (Å²) in [5, 5.41) is 2.66. The number of nitrogens with one attached hydrogen (secondary N) is 1. The number of rotatable bonds is 3. The molecule has 1 aliphatic heterocycles. The topological polar surface area (TPSA) is 89.5 Å². The molecule has 1 saturated heterocycles. The van der Waals surface area contributed by atoms with Crippen molar-refractivity contribution in [2.75, 3.05) is 11.5 Å². The average molecular weight is 297 g/mol. The van der Waals surface area contributed by atoms with Gasteiger partial charge in [-0.05, 0) is 18.6 Å². The van der Waals surface area contributed by atoms with Crippen molar-refractivity contribution in [3.8, 4) is 5.75 Å². The largest absolute Gasteiger partial charge is 0.426 e. The smallest absolute Gasteiger partial charge is 0.308 e. The highest BCUT2D eigenvalue weighted by Crippen LogP contribution is 2.19. The van der Waals surface area contributed by atoms with Gasteiger partial charge < -0.3 is 10.1 Å². The molecule has 7 heteroatoms. The van der Waals surface area contributed by atoms with E-state index >= 15 is 0 Å². The Kier molecular flexibility index (Phi) is 4.08. The van der Waals surface area contributed by atoms with Crippen molar-refractivity contribution in [1.82, 2.24) is 5.32 Å². The summed E-state index contributed by atoms with van der Waals surface area (Å²) in [5.74, 6) is -0.756. The zero-order valence-electron chi connectivity index (χ0n) is 11.0. The molecule has 2 rings (SSSR count). The molecular formula is C13H15NO5S. The van der Waals surface area contributed by atoms with Crippen LogP contribution in [-0.4, -0.2) is 37.8 Å². The van der Waals surface area contributed by atoms with E-state index in [1.165, 1.54) is 19.1 Å². The van der Waals surface area contributed by atoms with Crippen LogP contribution in [0.5, 0.6) is 5.75 Å². The Morgan fingerprint density at radius 2 is 2.00 bits per heavy atom. The molecule has 1 aromatic carbocycles. The minimum Gasteiger partial charge on any atom is -0.426 e. The van der Waals surface area contributed by atoms with Crippen LogP contribution in [-0.2, 0) is 14.6 Å². The molecule has 0 aliphatic carbocycles. The van der Waals surface area contributed by atoms with Gasteiger partial charge >= 0.3 is 5.97 Å². The van der Waals surface area contributed by atoms with E-state index in [1.54, 1.807) is 12.1 Å². The summed E-state index contributed by atoms with van der Waals surface area (Å²) in [6.07, 6.45) is 0.407. The van der Waals surface area contributed by atoms with Gasteiger partial charge in [-0.1, -0.05) is 12.1 Å². The van der Waals surface area contributed by atoms with Gasteiger partial charge in [-0.25, -0.2) is 8.42 Å². The third-order valence-electron chi connectivity index (χ3n) is 2.95. The number of benzene rings is 1. The van der Waals surface area contributed by atoms with Crippen molar-refractivity contribution >= 4 is 21.7 Å². The first-order valence-electron chi connectivity index (χ1n) is 6.16. The fraction of sp³-hybridized carbons (Fsp3) is 0.385. The predicted octanol–water partition coefficient (Wildman–Crippen LogP) is 0.529. The first-order valence-corrected chi connectivity index (χ1v) is 7.98. The SMILES string of the molecule is CC(=O)Oc1ccccc1C(=O)N[C@H]1CCS(=O)(=O)C1. The van der Waals surface area contributed by atoms with Crippen molar-refractivity contribution in [1.29, 1.82) is 0 Å². The average Bonchev–Trinajstić information content (AvgIpc) is 2.68. The van der Waals surface area contributed by atoms with Crippen LogP contribution >= 0.6 is 0 Å². The highest BCUT2D eigenvalue weighted by Gasteiger charge is 2.29. The quantitative estimate of drug-likeness (QED) is 0.649. The van der Waals surface area contributed by atoms with E-state index in [2.05, 4.69) is 5.32 Å². The zero-order valence-corrected chi connectivity index (χ0v) is 11.8. The number of sulfone groups is 1. The molecule has 1 atom stereocenters. The molecule has 1 aliphatic rings. The van der Waals surface area contributed by atoms with Crippen molar-refractivity contribution in [3.63, 3.8) is 0 Å². The van der Waals surface area contributed by atoms with Crippen molar-refractivity contribution in [3.05, 3.63) is 29.8 Å². The van der Waals surface area contributed by atoms with Gasteiger partial charge in [0, 0.05) is 13.0 Å². The molecule has 0 saturated carbocycles. The lowest BCUT2D eigenvalue weighted by Crippen LogP contribution is -2.35. The van der Waals surface area contributed by atoms with Gasteiger partial charge in [0.05, 0.1) is 17.1 Å². The highest BCUT2D eigenvalue weighted by atomic mass is 32.2. The number of hydrogen-bond donors (Lipinski definition) is 1. The number of para-hydroxylation sites is 1. The van der Waals surface area contributed by atoms with E-state index in [1.807, 2.05) is 0 Å². The van der Waals surface area contributed by atoms with Gasteiger partial charge in [-0.3, -0.25) is 9.59 Å². The molecule has 1 N–H and O–H groups in total. The summed E-state index contributed by atoms with van der Waals surface area (Å²) in [6, 6.07) is 5.94. The van der Waals surface area contributed by atoms with E-state index in [0.717, 1.165) is 0 Å². The molecule has 1 aromatic rings. The molecule has 0 aromatic heterocycles. The second-order valence-electron chi connectivity index (χ2n) is 4.66. The minimum absolute atomic E-state index is 0.0472. The Balaban J connectivity index is 2.12. The molecule has 0 spiro atoms. The van der Waals surface area contributed by atoms with Gasteiger partial charge in [-0.2, -0.15) is 0 Å². The Morgan fingerprint density at radius 1 is 1.30 bits per heavy atom. The lowest BCUT2D eigenvalue weighted by atomic mass is 10.1. The third kappa shape index (κ3) is 3.57. The monoisotopic (exact) mass is 297 g/mol. The molecule has 0 bridgehead atoms. The van der Waals surface area contributed by atoms with Crippen LogP contribution in [0.25, 0.3) is 0 Å². The van der Waals surface area contributed by atoms with E-state index in [9.17, 15) is 18.0 Å². The second-order valence-corrected chi connectivity index (χ2v) is 6.89. The lowest BCUT2D eigenvalue weighted by Gasteiger charge is -2.13. The third-order valence-corrected chi connectivity index (χ3v) is 4.72. The summed E-state index contributed by atoms with van der Waals surface area (Å²) in [7, 11) is -3.05. The fourth-order valence-electron chi connectivity index (χ4n) is 2.07. The van der Waals surface area contributed by atoms with Crippen LogP contribution in [0.15, 0.2) is 24.3 Å². The Morgan fingerprint density at radius 3 is 2.60 bits per heavy atom. The van der Waals surface area contributed by atoms with Crippen molar-refractivity contribution in [2.45, 2.75) is 19.4 Å². The highest BCUT2D eigenvalue weighted by molar-refractivity contribution is 7.91. The first kappa shape index (κ1) is 14.5. The maximum atomic E-state index is 12.1.